The molecule has 0 radical (unpaired) electrons. The van der Waals surface area contributed by atoms with Crippen molar-refractivity contribution in [1.29, 1.82) is 0 Å². The number of aliphatic hydroxyl groups excluding tert-OH is 1. The summed E-state index contributed by atoms with van der Waals surface area (Å²) in [5.74, 6) is 0. The monoisotopic (exact) mass is 216 g/mol. The molecule has 1 aliphatic rings. The molecular formula is C7H12N4O4. The van der Waals surface area contributed by atoms with E-state index in [2.05, 4.69) is 10.0 Å². The Balaban J connectivity index is 2.65. The van der Waals surface area contributed by atoms with Crippen molar-refractivity contribution in [2.45, 2.75) is 18.1 Å². The van der Waals surface area contributed by atoms with Crippen LogP contribution in [0.4, 0.5) is 4.79 Å². The molecule has 0 spiro atoms. The topological polar surface area (TPSA) is 130 Å². The lowest BCUT2D eigenvalue weighted by molar-refractivity contribution is -0.107. The predicted molar refractivity (Wildman–Crippen MR) is 49.2 cm³/mol. The zero-order valence-corrected chi connectivity index (χ0v) is 7.94. The van der Waals surface area contributed by atoms with E-state index in [0.29, 0.717) is 0 Å². The first-order chi connectivity index (χ1) is 6.99. The van der Waals surface area contributed by atoms with E-state index >= 15 is 0 Å². The summed E-state index contributed by atoms with van der Waals surface area (Å²) in [5, 5.41) is 31.2. The Morgan fingerprint density at radius 2 is 2.40 bits per heavy atom. The van der Waals surface area contributed by atoms with Crippen LogP contribution in [0.25, 0.3) is 10.4 Å². The molecule has 0 bridgehead atoms. The van der Waals surface area contributed by atoms with Crippen LogP contribution in [-0.2, 0) is 0 Å². The molecule has 1 amide bonds. The SMILES string of the molecule is [N-]=[N+]=NCC1(O)CCN(C(=O)O)CC1O. The van der Waals surface area contributed by atoms with Gasteiger partial charge in [0.15, 0.2) is 0 Å². The molecule has 8 heteroatoms. The second-order valence-electron chi connectivity index (χ2n) is 3.49. The van der Waals surface area contributed by atoms with Gasteiger partial charge in [-0.05, 0) is 12.0 Å². The number of likely N-dealkylation sites (tertiary alicyclic amines) is 1. The maximum absolute atomic E-state index is 10.6. The molecule has 0 aromatic heterocycles. The van der Waals surface area contributed by atoms with Crippen molar-refractivity contribution < 1.29 is 20.1 Å². The van der Waals surface area contributed by atoms with Crippen molar-refractivity contribution in [2.24, 2.45) is 5.11 Å². The molecule has 0 aromatic carbocycles. The lowest BCUT2D eigenvalue weighted by Gasteiger charge is -2.40. The number of hydrogen-bond donors (Lipinski definition) is 3. The van der Waals surface area contributed by atoms with Crippen molar-refractivity contribution in [3.05, 3.63) is 10.4 Å². The molecule has 0 saturated carbocycles. The second kappa shape index (κ2) is 4.35. The highest BCUT2D eigenvalue weighted by atomic mass is 16.4. The van der Waals surface area contributed by atoms with Crippen LogP contribution in [0.3, 0.4) is 0 Å². The Morgan fingerprint density at radius 3 is 2.87 bits per heavy atom. The minimum atomic E-state index is -1.52. The van der Waals surface area contributed by atoms with Crippen molar-refractivity contribution in [3.8, 4) is 0 Å². The van der Waals surface area contributed by atoms with Gasteiger partial charge in [0.25, 0.3) is 0 Å². The number of piperidine rings is 1. The summed E-state index contributed by atoms with van der Waals surface area (Å²) in [6, 6.07) is 0. The van der Waals surface area contributed by atoms with Crippen molar-refractivity contribution in [1.82, 2.24) is 4.90 Å². The summed E-state index contributed by atoms with van der Waals surface area (Å²) in [6.45, 7) is -0.311. The van der Waals surface area contributed by atoms with E-state index in [9.17, 15) is 15.0 Å². The van der Waals surface area contributed by atoms with Crippen LogP contribution in [0.5, 0.6) is 0 Å². The van der Waals surface area contributed by atoms with Gasteiger partial charge in [0, 0.05) is 11.5 Å². The third-order valence-corrected chi connectivity index (χ3v) is 2.51. The van der Waals surface area contributed by atoms with Crippen LogP contribution in [-0.4, -0.2) is 57.7 Å². The molecule has 1 fully saturated rings. The molecule has 0 aromatic rings. The summed E-state index contributed by atoms with van der Waals surface area (Å²) in [5.41, 5.74) is 6.58. The molecule has 1 rings (SSSR count). The fourth-order valence-electron chi connectivity index (χ4n) is 1.48. The van der Waals surface area contributed by atoms with Crippen molar-refractivity contribution in [2.75, 3.05) is 19.6 Å². The smallest absolute Gasteiger partial charge is 0.407 e. The molecule has 3 N–H and O–H groups in total. The summed E-state index contributed by atoms with van der Waals surface area (Å²) >= 11 is 0. The van der Waals surface area contributed by atoms with Gasteiger partial charge in [-0.3, -0.25) is 0 Å². The van der Waals surface area contributed by atoms with Crippen LogP contribution >= 0.6 is 0 Å². The van der Waals surface area contributed by atoms with E-state index in [-0.39, 0.29) is 26.1 Å². The maximum Gasteiger partial charge on any atom is 0.407 e. The predicted octanol–water partition coefficient (Wildman–Crippen LogP) is -0.228. The van der Waals surface area contributed by atoms with Gasteiger partial charge in [0.05, 0.1) is 18.7 Å². The van der Waals surface area contributed by atoms with Gasteiger partial charge in [0.1, 0.15) is 6.10 Å². The largest absolute Gasteiger partial charge is 0.465 e. The zero-order valence-electron chi connectivity index (χ0n) is 7.94. The Labute approximate surface area is 85.4 Å². The number of amides is 1. The van der Waals surface area contributed by atoms with Gasteiger partial charge in [-0.15, -0.1) is 0 Å². The van der Waals surface area contributed by atoms with Crippen molar-refractivity contribution in [3.63, 3.8) is 0 Å². The highest BCUT2D eigenvalue weighted by Gasteiger charge is 2.41. The van der Waals surface area contributed by atoms with E-state index in [0.717, 1.165) is 4.90 Å². The van der Waals surface area contributed by atoms with E-state index < -0.39 is 17.8 Å². The molecule has 1 heterocycles. The summed E-state index contributed by atoms with van der Waals surface area (Å²) in [4.78, 5) is 14.1. The third kappa shape index (κ3) is 2.50. The summed E-state index contributed by atoms with van der Waals surface area (Å²) in [6.07, 6.45) is -2.31. The number of aliphatic hydroxyl groups is 2. The average Bonchev–Trinajstić information content (AvgIpc) is 2.19. The molecule has 2 atom stereocenters. The zero-order chi connectivity index (χ0) is 11.5. The van der Waals surface area contributed by atoms with Gasteiger partial charge in [-0.25, -0.2) is 4.79 Å². The molecule has 2 unspecified atom stereocenters. The van der Waals surface area contributed by atoms with E-state index in [1.54, 1.807) is 0 Å². The van der Waals surface area contributed by atoms with Crippen LogP contribution in [0.1, 0.15) is 6.42 Å². The molecular weight excluding hydrogens is 204 g/mol. The Morgan fingerprint density at radius 1 is 1.73 bits per heavy atom. The fraction of sp³-hybridized carbons (Fsp3) is 0.857. The highest BCUT2D eigenvalue weighted by molar-refractivity contribution is 5.65. The van der Waals surface area contributed by atoms with Crippen LogP contribution in [0.15, 0.2) is 5.11 Å². The number of β-amino-alcohol motifs (C(OH)–C–C–N with tert-alkyl or cyclic N) is 1. The first kappa shape index (κ1) is 11.6. The van der Waals surface area contributed by atoms with E-state index in [4.69, 9.17) is 10.6 Å². The van der Waals surface area contributed by atoms with E-state index in [1.807, 2.05) is 0 Å². The van der Waals surface area contributed by atoms with Gasteiger partial charge >= 0.3 is 6.09 Å². The number of carboxylic acid groups (broad SMARTS) is 1. The van der Waals surface area contributed by atoms with Crippen molar-refractivity contribution >= 4 is 6.09 Å². The fourth-order valence-corrected chi connectivity index (χ4v) is 1.48. The minimum absolute atomic E-state index is 0.0550. The molecule has 15 heavy (non-hydrogen) atoms. The maximum atomic E-state index is 10.6. The molecule has 8 nitrogen and oxygen atoms in total. The Kier molecular flexibility index (Phi) is 3.35. The lowest BCUT2D eigenvalue weighted by Crippen LogP contribution is -2.58. The standard InChI is InChI=1S/C7H12N4O4/c8-10-9-4-7(15)1-2-11(6(13)14)3-5(7)12/h5,12,15H,1-4H2,(H,13,14). The van der Waals surface area contributed by atoms with Crippen LogP contribution in [0.2, 0.25) is 0 Å². The van der Waals surface area contributed by atoms with Gasteiger partial charge in [0.2, 0.25) is 0 Å². The van der Waals surface area contributed by atoms with Gasteiger partial charge in [-0.1, -0.05) is 5.11 Å². The first-order valence-corrected chi connectivity index (χ1v) is 4.39. The second-order valence-corrected chi connectivity index (χ2v) is 3.49. The Hall–Kier alpha value is -1.50. The average molecular weight is 216 g/mol. The minimum Gasteiger partial charge on any atom is -0.465 e. The number of nitrogens with zero attached hydrogens (tertiary/aromatic N) is 4. The number of azide groups is 1. The van der Waals surface area contributed by atoms with Crippen LogP contribution in [0, 0.1) is 0 Å². The summed E-state index contributed by atoms with van der Waals surface area (Å²) in [7, 11) is 0. The molecule has 1 aliphatic heterocycles. The number of hydrogen-bond acceptors (Lipinski definition) is 4. The third-order valence-electron chi connectivity index (χ3n) is 2.51. The number of carbonyl (C=O) groups is 1. The summed E-state index contributed by atoms with van der Waals surface area (Å²) < 4.78 is 0. The van der Waals surface area contributed by atoms with Crippen LogP contribution < -0.4 is 0 Å². The molecule has 0 aliphatic carbocycles. The first-order valence-electron chi connectivity index (χ1n) is 4.39. The Bertz CT molecular complexity index is 303. The molecule has 84 valence electrons. The lowest BCUT2D eigenvalue weighted by atomic mass is 9.89. The highest BCUT2D eigenvalue weighted by Crippen LogP contribution is 2.23. The van der Waals surface area contributed by atoms with Gasteiger partial charge < -0.3 is 20.2 Å². The number of rotatable bonds is 2. The van der Waals surface area contributed by atoms with E-state index in [1.165, 1.54) is 0 Å². The quantitative estimate of drug-likeness (QED) is 0.334. The normalized spacial score (nSPS) is 30.8. The molecule has 1 saturated heterocycles. The van der Waals surface area contributed by atoms with Gasteiger partial charge in [-0.2, -0.15) is 0 Å².